The topological polar surface area (TPSA) is 53.1 Å². The van der Waals surface area contributed by atoms with E-state index < -0.39 is 0 Å². The number of piperidine rings is 1. The summed E-state index contributed by atoms with van der Waals surface area (Å²) in [5.41, 5.74) is 5.39. The molecule has 0 bridgehead atoms. The van der Waals surface area contributed by atoms with Crippen molar-refractivity contribution in [2.24, 2.45) is 11.7 Å². The number of nitrogens with zero attached hydrogens (tertiary/aromatic N) is 1. The van der Waals surface area contributed by atoms with Gasteiger partial charge in [0, 0.05) is 6.42 Å². The van der Waals surface area contributed by atoms with Gasteiger partial charge in [-0.3, -0.25) is 5.41 Å². The van der Waals surface area contributed by atoms with E-state index in [1.807, 2.05) is 0 Å². The van der Waals surface area contributed by atoms with Crippen LogP contribution in [0, 0.1) is 11.3 Å². The summed E-state index contributed by atoms with van der Waals surface area (Å²) in [5.74, 6) is 1.03. The fourth-order valence-electron chi connectivity index (χ4n) is 2.04. The molecule has 0 unspecified atom stereocenters. The smallest absolute Gasteiger partial charge is 0.0908 e. The summed E-state index contributed by atoms with van der Waals surface area (Å²) in [7, 11) is 0. The van der Waals surface area contributed by atoms with Crippen molar-refractivity contribution in [2.45, 2.75) is 32.6 Å². The average Bonchev–Trinajstić information content (AvgIpc) is 2.08. The molecule has 3 N–H and O–H groups in total. The van der Waals surface area contributed by atoms with Gasteiger partial charge >= 0.3 is 0 Å². The Hall–Kier alpha value is -0.570. The van der Waals surface area contributed by atoms with Crippen LogP contribution in [0.1, 0.15) is 32.6 Å². The summed E-state index contributed by atoms with van der Waals surface area (Å²) in [6, 6.07) is 0. The van der Waals surface area contributed by atoms with Crippen LogP contribution < -0.4 is 5.73 Å². The Morgan fingerprint density at radius 3 is 2.54 bits per heavy atom. The lowest BCUT2D eigenvalue weighted by molar-refractivity contribution is 0.187. The molecule has 3 heteroatoms. The molecular formula is C10H21N3. The summed E-state index contributed by atoms with van der Waals surface area (Å²) >= 11 is 0. The number of nitrogens with two attached hydrogens (primary N) is 1. The minimum atomic E-state index is 0.356. The third-order valence-corrected chi connectivity index (χ3v) is 2.76. The number of likely N-dealkylation sites (tertiary alicyclic amines) is 1. The van der Waals surface area contributed by atoms with E-state index in [4.69, 9.17) is 11.1 Å². The van der Waals surface area contributed by atoms with Gasteiger partial charge in [0.05, 0.1) is 5.84 Å². The van der Waals surface area contributed by atoms with E-state index in [-0.39, 0.29) is 0 Å². The lowest BCUT2D eigenvalue weighted by Gasteiger charge is -2.31. The largest absolute Gasteiger partial charge is 0.388 e. The Bertz CT molecular complexity index is 160. The van der Waals surface area contributed by atoms with E-state index >= 15 is 0 Å². The van der Waals surface area contributed by atoms with Gasteiger partial charge in [-0.2, -0.15) is 0 Å². The van der Waals surface area contributed by atoms with Crippen molar-refractivity contribution in [2.75, 3.05) is 19.6 Å². The van der Waals surface area contributed by atoms with E-state index in [1.165, 1.54) is 38.9 Å². The highest BCUT2D eigenvalue weighted by molar-refractivity contribution is 5.77. The second-order valence-electron chi connectivity index (χ2n) is 4.01. The highest BCUT2D eigenvalue weighted by atomic mass is 15.1. The second-order valence-corrected chi connectivity index (χ2v) is 4.01. The van der Waals surface area contributed by atoms with Crippen LogP contribution in [0.4, 0.5) is 0 Å². The third kappa shape index (κ3) is 3.77. The zero-order valence-corrected chi connectivity index (χ0v) is 8.55. The molecular weight excluding hydrogens is 162 g/mol. The van der Waals surface area contributed by atoms with Crippen molar-refractivity contribution in [1.82, 2.24) is 4.90 Å². The highest BCUT2D eigenvalue weighted by Gasteiger charge is 2.18. The first-order valence-electron chi connectivity index (χ1n) is 5.27. The molecule has 0 aromatic rings. The summed E-state index contributed by atoms with van der Waals surface area (Å²) < 4.78 is 0. The molecule has 0 spiro atoms. The van der Waals surface area contributed by atoms with E-state index in [0.717, 1.165) is 6.42 Å². The lowest BCUT2D eigenvalue weighted by Crippen LogP contribution is -2.35. The molecule has 0 aromatic heterocycles. The lowest BCUT2D eigenvalue weighted by atomic mass is 9.93. The normalized spacial score (nSPS) is 20.4. The van der Waals surface area contributed by atoms with Gasteiger partial charge in [-0.15, -0.1) is 0 Å². The van der Waals surface area contributed by atoms with Crippen molar-refractivity contribution in [3.63, 3.8) is 0 Å². The molecule has 1 aliphatic rings. The molecule has 0 aromatic carbocycles. The Morgan fingerprint density at radius 2 is 2.08 bits per heavy atom. The number of hydrogen-bond donors (Lipinski definition) is 2. The molecule has 76 valence electrons. The molecule has 3 nitrogen and oxygen atoms in total. The molecule has 13 heavy (non-hydrogen) atoms. The number of hydrogen-bond acceptors (Lipinski definition) is 2. The van der Waals surface area contributed by atoms with E-state index in [1.54, 1.807) is 0 Å². The molecule has 1 rings (SSSR count). The quantitative estimate of drug-likeness (QED) is 0.512. The molecule has 0 radical (unpaired) electrons. The molecule has 1 fully saturated rings. The van der Waals surface area contributed by atoms with Crippen molar-refractivity contribution < 1.29 is 0 Å². The number of rotatable bonds is 4. The zero-order chi connectivity index (χ0) is 9.68. The summed E-state index contributed by atoms with van der Waals surface area (Å²) in [6.07, 6.45) is 4.50. The minimum Gasteiger partial charge on any atom is -0.388 e. The van der Waals surface area contributed by atoms with E-state index in [9.17, 15) is 0 Å². The van der Waals surface area contributed by atoms with Crippen LogP contribution in [0.2, 0.25) is 0 Å². The molecule has 0 atom stereocenters. The van der Waals surface area contributed by atoms with Gasteiger partial charge in [0.1, 0.15) is 0 Å². The maximum atomic E-state index is 7.23. The van der Waals surface area contributed by atoms with Crippen LogP contribution >= 0.6 is 0 Å². The van der Waals surface area contributed by atoms with Crippen LogP contribution in [-0.4, -0.2) is 30.4 Å². The van der Waals surface area contributed by atoms with Gasteiger partial charge in [0.25, 0.3) is 0 Å². The van der Waals surface area contributed by atoms with Crippen LogP contribution in [0.25, 0.3) is 0 Å². The molecule has 1 aliphatic heterocycles. The SMILES string of the molecule is CCCN1CCC(CC(=N)N)CC1. The Balaban J connectivity index is 2.18. The van der Waals surface area contributed by atoms with Gasteiger partial charge in [-0.1, -0.05) is 6.92 Å². The van der Waals surface area contributed by atoms with Crippen molar-refractivity contribution in [1.29, 1.82) is 5.41 Å². The molecule has 1 heterocycles. The molecule has 0 amide bonds. The van der Waals surface area contributed by atoms with Crippen LogP contribution in [-0.2, 0) is 0 Å². The maximum Gasteiger partial charge on any atom is 0.0908 e. The number of nitrogens with one attached hydrogen (secondary N) is 1. The van der Waals surface area contributed by atoms with Crippen LogP contribution in [0.5, 0.6) is 0 Å². The van der Waals surface area contributed by atoms with Gasteiger partial charge in [-0.05, 0) is 44.8 Å². The van der Waals surface area contributed by atoms with Gasteiger partial charge < -0.3 is 10.6 Å². The first-order chi connectivity index (χ1) is 6.22. The fourth-order valence-corrected chi connectivity index (χ4v) is 2.04. The van der Waals surface area contributed by atoms with Crippen molar-refractivity contribution in [3.05, 3.63) is 0 Å². The highest BCUT2D eigenvalue weighted by Crippen LogP contribution is 2.19. The predicted molar refractivity (Wildman–Crippen MR) is 56.0 cm³/mol. The Morgan fingerprint density at radius 1 is 1.46 bits per heavy atom. The van der Waals surface area contributed by atoms with Gasteiger partial charge in [0.2, 0.25) is 0 Å². The van der Waals surface area contributed by atoms with Gasteiger partial charge in [-0.25, -0.2) is 0 Å². The molecule has 0 saturated carbocycles. The second kappa shape index (κ2) is 5.22. The zero-order valence-electron chi connectivity index (χ0n) is 8.55. The monoisotopic (exact) mass is 183 g/mol. The summed E-state index contributed by atoms with van der Waals surface area (Å²) in [6.45, 7) is 5.85. The molecule has 1 saturated heterocycles. The Kier molecular flexibility index (Phi) is 4.22. The maximum absolute atomic E-state index is 7.23. The average molecular weight is 183 g/mol. The third-order valence-electron chi connectivity index (χ3n) is 2.76. The molecule has 0 aliphatic carbocycles. The van der Waals surface area contributed by atoms with Crippen LogP contribution in [0.3, 0.4) is 0 Å². The first-order valence-corrected chi connectivity index (χ1v) is 5.27. The Labute approximate surface area is 80.8 Å². The standard InChI is InChI=1S/C10H21N3/c1-2-5-13-6-3-9(4-7-13)8-10(11)12/h9H,2-8H2,1H3,(H3,11,12). The number of amidine groups is 1. The van der Waals surface area contributed by atoms with E-state index in [0.29, 0.717) is 11.8 Å². The van der Waals surface area contributed by atoms with Gasteiger partial charge in [0.15, 0.2) is 0 Å². The van der Waals surface area contributed by atoms with Crippen LogP contribution in [0.15, 0.2) is 0 Å². The summed E-state index contributed by atoms with van der Waals surface area (Å²) in [4.78, 5) is 2.51. The summed E-state index contributed by atoms with van der Waals surface area (Å²) in [5, 5.41) is 7.23. The van der Waals surface area contributed by atoms with E-state index in [2.05, 4.69) is 11.8 Å². The predicted octanol–water partition coefficient (Wildman–Crippen LogP) is 1.43. The van der Waals surface area contributed by atoms with Crippen molar-refractivity contribution in [3.8, 4) is 0 Å². The minimum absolute atomic E-state index is 0.356. The fraction of sp³-hybridized carbons (Fsp3) is 0.900. The first kappa shape index (κ1) is 10.5. The van der Waals surface area contributed by atoms with Crippen molar-refractivity contribution >= 4 is 5.84 Å².